The van der Waals surface area contributed by atoms with Crippen molar-refractivity contribution >= 4 is 17.5 Å². The molecule has 1 atom stereocenters. The lowest BCUT2D eigenvalue weighted by Crippen LogP contribution is -2.52. The average Bonchev–Trinajstić information content (AvgIpc) is 3.44. The van der Waals surface area contributed by atoms with E-state index in [0.717, 1.165) is 44.0 Å². The molecule has 1 aromatic carbocycles. The summed E-state index contributed by atoms with van der Waals surface area (Å²) in [6.45, 7) is 2.72. The number of likely N-dealkylation sites (tertiary alicyclic amines) is 1. The summed E-state index contributed by atoms with van der Waals surface area (Å²) in [6.07, 6.45) is 12.5. The van der Waals surface area contributed by atoms with Crippen LogP contribution in [0.3, 0.4) is 0 Å². The summed E-state index contributed by atoms with van der Waals surface area (Å²) in [5, 5.41) is 0.704. The first-order valence-corrected chi connectivity index (χ1v) is 11.3. The van der Waals surface area contributed by atoms with Gasteiger partial charge in [0.2, 0.25) is 5.91 Å². The van der Waals surface area contributed by atoms with E-state index in [2.05, 4.69) is 29.1 Å². The van der Waals surface area contributed by atoms with Gasteiger partial charge in [0.1, 0.15) is 0 Å². The number of carbonyl (C=O) groups excluding carboxylic acids is 1. The van der Waals surface area contributed by atoms with Crippen molar-refractivity contribution in [2.45, 2.75) is 57.5 Å². The molecule has 1 saturated heterocycles. The molecule has 2 heterocycles. The molecule has 1 aliphatic carbocycles. The summed E-state index contributed by atoms with van der Waals surface area (Å²) >= 11 is 5.96. The van der Waals surface area contributed by atoms with Crippen LogP contribution < -0.4 is 5.73 Å². The number of piperidine rings is 1. The van der Waals surface area contributed by atoms with Crippen LogP contribution in [0.15, 0.2) is 48.8 Å². The Bertz CT molecular complexity index is 788. The second-order valence-corrected chi connectivity index (χ2v) is 9.40. The molecule has 1 saturated carbocycles. The maximum Gasteiger partial charge on any atom is 0.239 e. The lowest BCUT2D eigenvalue weighted by molar-refractivity contribution is -0.135. The molecule has 4 rings (SSSR count). The zero-order valence-electron chi connectivity index (χ0n) is 17.1. The minimum absolute atomic E-state index is 0.0842. The number of benzene rings is 1. The van der Waals surface area contributed by atoms with Gasteiger partial charge in [-0.3, -0.25) is 4.79 Å². The fraction of sp³-hybridized carbons (Fsp3) is 0.542. The topological polar surface area (TPSA) is 51.3 Å². The third-order valence-corrected chi connectivity index (χ3v) is 7.39. The normalized spacial score (nSPS) is 20.7. The minimum atomic E-state index is -0.486. The molecule has 29 heavy (non-hydrogen) atoms. The van der Waals surface area contributed by atoms with E-state index < -0.39 is 6.04 Å². The first-order valence-electron chi connectivity index (χ1n) is 11.0. The lowest BCUT2D eigenvalue weighted by Gasteiger charge is -2.46. The summed E-state index contributed by atoms with van der Waals surface area (Å²) in [4.78, 5) is 15.0. The first kappa shape index (κ1) is 20.5. The molecular formula is C24H32ClN3O. The van der Waals surface area contributed by atoms with Crippen molar-refractivity contribution in [3.8, 4) is 0 Å². The summed E-state index contributed by atoms with van der Waals surface area (Å²) < 4.78 is 2.34. The maximum atomic E-state index is 13.0. The highest BCUT2D eigenvalue weighted by molar-refractivity contribution is 6.30. The van der Waals surface area contributed by atoms with Gasteiger partial charge in [0.15, 0.2) is 0 Å². The van der Waals surface area contributed by atoms with Crippen molar-refractivity contribution < 1.29 is 4.79 Å². The van der Waals surface area contributed by atoms with E-state index >= 15 is 0 Å². The number of nitrogens with two attached hydrogens (primary N) is 1. The number of amides is 1. The van der Waals surface area contributed by atoms with Crippen LogP contribution >= 0.6 is 11.6 Å². The highest BCUT2D eigenvalue weighted by Crippen LogP contribution is 2.48. The highest BCUT2D eigenvalue weighted by Gasteiger charge is 2.43. The average molecular weight is 414 g/mol. The van der Waals surface area contributed by atoms with E-state index in [0.29, 0.717) is 16.9 Å². The summed E-state index contributed by atoms with van der Waals surface area (Å²) in [5.74, 6) is 0.867. The van der Waals surface area contributed by atoms with Crippen LogP contribution in [0.4, 0.5) is 0 Å². The molecule has 1 aromatic heterocycles. The summed E-state index contributed by atoms with van der Waals surface area (Å²) in [6, 6.07) is 11.3. The van der Waals surface area contributed by atoms with Crippen molar-refractivity contribution in [1.29, 1.82) is 0 Å². The van der Waals surface area contributed by atoms with Gasteiger partial charge in [-0.2, -0.15) is 0 Å². The van der Waals surface area contributed by atoms with Gasteiger partial charge in [-0.1, -0.05) is 36.6 Å². The number of carbonyl (C=O) groups is 1. The van der Waals surface area contributed by atoms with E-state index in [9.17, 15) is 4.79 Å². The first-order chi connectivity index (χ1) is 14.1. The van der Waals surface area contributed by atoms with Gasteiger partial charge in [0, 0.05) is 37.1 Å². The molecule has 1 amide bonds. The van der Waals surface area contributed by atoms with Crippen molar-refractivity contribution in [2.75, 3.05) is 13.1 Å². The van der Waals surface area contributed by atoms with E-state index in [1.807, 2.05) is 29.2 Å². The molecule has 2 aliphatic rings. The van der Waals surface area contributed by atoms with Gasteiger partial charge in [-0.25, -0.2) is 0 Å². The fourth-order valence-corrected chi connectivity index (χ4v) is 5.57. The van der Waals surface area contributed by atoms with Gasteiger partial charge in [-0.05, 0) is 73.3 Å². The van der Waals surface area contributed by atoms with Gasteiger partial charge < -0.3 is 15.2 Å². The smallest absolute Gasteiger partial charge is 0.239 e. The van der Waals surface area contributed by atoms with Crippen LogP contribution in [-0.4, -0.2) is 34.5 Å². The second kappa shape index (κ2) is 8.93. The number of halogens is 1. The lowest BCUT2D eigenvalue weighted by atomic mass is 9.67. The quantitative estimate of drug-likeness (QED) is 0.757. The molecule has 2 aromatic rings. The third-order valence-electron chi connectivity index (χ3n) is 7.14. The Balaban J connectivity index is 1.39. The van der Waals surface area contributed by atoms with Gasteiger partial charge in [0.05, 0.1) is 6.04 Å². The Morgan fingerprint density at radius 3 is 2.34 bits per heavy atom. The fourth-order valence-electron chi connectivity index (χ4n) is 5.44. The molecule has 0 bridgehead atoms. The highest BCUT2D eigenvalue weighted by atomic mass is 35.5. The molecule has 156 valence electrons. The van der Waals surface area contributed by atoms with Crippen LogP contribution in [0, 0.1) is 11.3 Å². The van der Waals surface area contributed by atoms with Gasteiger partial charge in [-0.15, -0.1) is 0 Å². The van der Waals surface area contributed by atoms with Crippen LogP contribution in [0.2, 0.25) is 5.02 Å². The zero-order valence-corrected chi connectivity index (χ0v) is 17.9. The van der Waals surface area contributed by atoms with Crippen LogP contribution in [0.5, 0.6) is 0 Å². The number of aromatic nitrogens is 1. The standard InChI is InChI=1S/C24H32ClN3O/c25-21-9-7-19(8-10-21)17-22(26)23(29)28-15-11-24(12-16-28,20-5-1-2-6-20)18-27-13-3-4-14-27/h3-4,7-10,13-14,20,22H,1-2,5-6,11-12,15-18,26H2. The van der Waals surface area contributed by atoms with Crippen LogP contribution in [0.1, 0.15) is 44.1 Å². The molecule has 1 aliphatic heterocycles. The van der Waals surface area contributed by atoms with Crippen molar-refractivity contribution in [3.05, 3.63) is 59.4 Å². The molecule has 2 N–H and O–H groups in total. The SMILES string of the molecule is NC(Cc1ccc(Cl)cc1)C(=O)N1CCC(Cn2cccc2)(C2CCCC2)CC1. The van der Waals surface area contributed by atoms with Crippen molar-refractivity contribution in [2.24, 2.45) is 17.1 Å². The second-order valence-electron chi connectivity index (χ2n) is 8.96. The van der Waals surface area contributed by atoms with E-state index in [1.165, 1.54) is 25.7 Å². The molecule has 2 fully saturated rings. The minimum Gasteiger partial charge on any atom is -0.354 e. The Morgan fingerprint density at radius 2 is 1.72 bits per heavy atom. The molecule has 1 unspecified atom stereocenters. The molecule has 0 spiro atoms. The Hall–Kier alpha value is -1.78. The Morgan fingerprint density at radius 1 is 1.10 bits per heavy atom. The van der Waals surface area contributed by atoms with Crippen molar-refractivity contribution in [1.82, 2.24) is 9.47 Å². The summed E-state index contributed by atoms with van der Waals surface area (Å²) in [5.41, 5.74) is 7.66. The largest absolute Gasteiger partial charge is 0.354 e. The number of hydrogen-bond acceptors (Lipinski definition) is 2. The van der Waals surface area contributed by atoms with E-state index in [-0.39, 0.29) is 5.91 Å². The van der Waals surface area contributed by atoms with Crippen LogP contribution in [0.25, 0.3) is 0 Å². The Labute approximate surface area is 179 Å². The Kier molecular flexibility index (Phi) is 6.31. The molecule has 5 heteroatoms. The maximum absolute atomic E-state index is 13.0. The third kappa shape index (κ3) is 4.70. The predicted octanol–water partition coefficient (Wildman–Crippen LogP) is 4.51. The molecule has 4 nitrogen and oxygen atoms in total. The van der Waals surface area contributed by atoms with E-state index in [4.69, 9.17) is 17.3 Å². The number of nitrogens with zero attached hydrogens (tertiary/aromatic N) is 2. The monoisotopic (exact) mass is 413 g/mol. The van der Waals surface area contributed by atoms with Crippen LogP contribution in [-0.2, 0) is 17.8 Å². The number of hydrogen-bond donors (Lipinski definition) is 1. The summed E-state index contributed by atoms with van der Waals surface area (Å²) in [7, 11) is 0. The van der Waals surface area contributed by atoms with Crippen molar-refractivity contribution in [3.63, 3.8) is 0 Å². The molecular weight excluding hydrogens is 382 g/mol. The van der Waals surface area contributed by atoms with Gasteiger partial charge >= 0.3 is 0 Å². The van der Waals surface area contributed by atoms with E-state index in [1.54, 1.807) is 0 Å². The molecule has 0 radical (unpaired) electrons. The van der Waals surface area contributed by atoms with Gasteiger partial charge in [0.25, 0.3) is 0 Å². The predicted molar refractivity (Wildman–Crippen MR) is 118 cm³/mol. The zero-order chi connectivity index (χ0) is 20.3. The number of rotatable bonds is 6.